The van der Waals surface area contributed by atoms with E-state index in [-0.39, 0.29) is 5.69 Å². The number of aryl methyl sites for hydroxylation is 1. The third-order valence-electron chi connectivity index (χ3n) is 7.13. The number of aromatic nitrogens is 6. The Balaban J connectivity index is 0.000000193. The maximum atomic E-state index is 13.9. The number of ether oxygens (including phenoxy) is 2. The van der Waals surface area contributed by atoms with Crippen molar-refractivity contribution >= 4 is 23.1 Å². The number of carbonyl (C=O) groups excluding carboxylic acids is 1. The van der Waals surface area contributed by atoms with Crippen LogP contribution in [0.15, 0.2) is 125 Å². The maximum Gasteiger partial charge on any atom is 0.326 e. The summed E-state index contributed by atoms with van der Waals surface area (Å²) < 4.78 is 35.7. The van der Waals surface area contributed by atoms with E-state index in [1.165, 1.54) is 23.8 Å². The van der Waals surface area contributed by atoms with Crippen LogP contribution in [0.25, 0.3) is 23.2 Å². The first-order valence-electron chi connectivity index (χ1n) is 15.3. The first kappa shape index (κ1) is 33.7. The van der Waals surface area contributed by atoms with Gasteiger partial charge in [0.2, 0.25) is 12.8 Å². The van der Waals surface area contributed by atoms with E-state index >= 15 is 0 Å². The van der Waals surface area contributed by atoms with Crippen molar-refractivity contribution in [3.05, 3.63) is 128 Å². The van der Waals surface area contributed by atoms with Crippen LogP contribution in [-0.2, 0) is 0 Å². The fourth-order valence-corrected chi connectivity index (χ4v) is 4.50. The number of hydrogen-bond acceptors (Lipinski definition) is 12. The summed E-state index contributed by atoms with van der Waals surface area (Å²) in [5.41, 5.74) is 3.68. The van der Waals surface area contributed by atoms with Crippen molar-refractivity contribution in [2.45, 2.75) is 6.92 Å². The van der Waals surface area contributed by atoms with Gasteiger partial charge in [-0.2, -0.15) is 0 Å². The van der Waals surface area contributed by atoms with Gasteiger partial charge in [0.05, 0.1) is 5.69 Å². The third-order valence-corrected chi connectivity index (χ3v) is 7.13. The van der Waals surface area contributed by atoms with Crippen LogP contribution in [0.4, 0.5) is 26.2 Å². The van der Waals surface area contributed by atoms with Crippen molar-refractivity contribution in [3.63, 3.8) is 0 Å². The highest BCUT2D eigenvalue weighted by Gasteiger charge is 2.14. The molecule has 0 fully saturated rings. The van der Waals surface area contributed by atoms with E-state index in [1.807, 2.05) is 38.2 Å². The highest BCUT2D eigenvalue weighted by atomic mass is 19.1. The molecule has 2 N–H and O–H groups in total. The van der Waals surface area contributed by atoms with Gasteiger partial charge < -0.3 is 28.9 Å². The van der Waals surface area contributed by atoms with Gasteiger partial charge >= 0.3 is 6.03 Å². The Hall–Kier alpha value is -7.16. The Morgan fingerprint density at radius 2 is 1.27 bits per heavy atom. The molecule has 0 spiro atoms. The van der Waals surface area contributed by atoms with Crippen LogP contribution in [-0.4, -0.2) is 50.5 Å². The van der Waals surface area contributed by atoms with Crippen molar-refractivity contribution in [1.82, 2.24) is 30.4 Å². The molecule has 0 radical (unpaired) electrons. The molecule has 2 amide bonds. The van der Waals surface area contributed by atoms with Crippen molar-refractivity contribution in [2.24, 2.45) is 0 Å². The minimum Gasteiger partial charge on any atom is -0.457 e. The third kappa shape index (κ3) is 8.85. The molecule has 4 heterocycles. The zero-order valence-electron chi connectivity index (χ0n) is 27.5. The molecule has 0 aliphatic carbocycles. The molecule has 7 aromatic rings. The van der Waals surface area contributed by atoms with Crippen molar-refractivity contribution in [2.75, 3.05) is 29.6 Å². The second-order valence-electron chi connectivity index (χ2n) is 10.7. The SMILES string of the molecule is CNc1ccc(Oc2ccnc(-c3nnco3)c2)cc1.Cc1ccc(F)c(NC(=O)N(C)c2ccc(Oc3ccnc(-c4nnco4)c3)cc2)c1. The summed E-state index contributed by atoms with van der Waals surface area (Å²) >= 11 is 0. The normalized spacial score (nSPS) is 10.4. The number of nitrogens with one attached hydrogen (secondary N) is 2. The van der Waals surface area contributed by atoms with Gasteiger partial charge in [0.15, 0.2) is 0 Å². The Labute approximate surface area is 290 Å². The van der Waals surface area contributed by atoms with E-state index < -0.39 is 11.8 Å². The van der Waals surface area contributed by atoms with Crippen molar-refractivity contribution in [3.8, 4) is 46.2 Å². The number of hydrogen-bond donors (Lipinski definition) is 2. The first-order valence-corrected chi connectivity index (χ1v) is 15.3. The maximum absolute atomic E-state index is 13.9. The lowest BCUT2D eigenvalue weighted by Gasteiger charge is -2.19. The van der Waals surface area contributed by atoms with E-state index in [9.17, 15) is 9.18 Å². The molecule has 0 aliphatic rings. The molecule has 256 valence electrons. The molecule has 0 saturated carbocycles. The number of rotatable bonds is 9. The van der Waals surface area contributed by atoms with Crippen LogP contribution >= 0.6 is 0 Å². The molecule has 51 heavy (non-hydrogen) atoms. The zero-order valence-corrected chi connectivity index (χ0v) is 27.5. The molecular formula is C36H30FN9O5. The Morgan fingerprint density at radius 1 is 0.725 bits per heavy atom. The van der Waals surface area contributed by atoms with Crippen LogP contribution in [0.2, 0.25) is 0 Å². The number of pyridine rings is 2. The topological polar surface area (TPSA) is 166 Å². The van der Waals surface area contributed by atoms with Gasteiger partial charge in [-0.3, -0.25) is 14.9 Å². The van der Waals surface area contributed by atoms with Crippen LogP contribution in [0.3, 0.4) is 0 Å². The Bertz CT molecular complexity index is 2180. The average Bonchev–Trinajstić information content (AvgIpc) is 3.90. The van der Waals surface area contributed by atoms with Gasteiger partial charge in [-0.1, -0.05) is 6.07 Å². The largest absolute Gasteiger partial charge is 0.457 e. The van der Waals surface area contributed by atoms with Gasteiger partial charge in [0, 0.05) is 50.0 Å². The molecule has 0 saturated heterocycles. The Kier molecular flexibility index (Phi) is 10.5. The summed E-state index contributed by atoms with van der Waals surface area (Å²) in [4.78, 5) is 22.2. The second kappa shape index (κ2) is 15.8. The minimum absolute atomic E-state index is 0.131. The molecular weight excluding hydrogens is 657 g/mol. The highest BCUT2D eigenvalue weighted by Crippen LogP contribution is 2.28. The zero-order chi connectivity index (χ0) is 35.6. The molecule has 4 aromatic heterocycles. The van der Waals surface area contributed by atoms with E-state index in [4.69, 9.17) is 18.3 Å². The summed E-state index contributed by atoms with van der Waals surface area (Å²) in [5, 5.41) is 20.5. The molecule has 0 atom stereocenters. The minimum atomic E-state index is -0.492. The van der Waals surface area contributed by atoms with E-state index in [2.05, 4.69) is 41.0 Å². The summed E-state index contributed by atoms with van der Waals surface area (Å²) in [6, 6.07) is 25.5. The number of benzene rings is 3. The summed E-state index contributed by atoms with van der Waals surface area (Å²) in [5.74, 6) is 2.66. The first-order chi connectivity index (χ1) is 24.8. The lowest BCUT2D eigenvalue weighted by atomic mass is 10.2. The average molecular weight is 688 g/mol. The van der Waals surface area contributed by atoms with Crippen LogP contribution < -0.4 is 25.0 Å². The second-order valence-corrected chi connectivity index (χ2v) is 10.7. The molecule has 0 bridgehead atoms. The predicted octanol–water partition coefficient (Wildman–Crippen LogP) is 8.01. The fraction of sp³-hybridized carbons (Fsp3) is 0.0833. The Morgan fingerprint density at radius 3 is 1.78 bits per heavy atom. The van der Waals surface area contributed by atoms with Gasteiger partial charge in [-0.05, 0) is 85.3 Å². The number of urea groups is 1. The summed E-state index contributed by atoms with van der Waals surface area (Å²) in [6.07, 6.45) is 5.70. The fourth-order valence-electron chi connectivity index (χ4n) is 4.50. The summed E-state index contributed by atoms with van der Waals surface area (Å²) in [7, 11) is 3.47. The van der Waals surface area contributed by atoms with Gasteiger partial charge in [-0.15, -0.1) is 20.4 Å². The number of anilines is 3. The summed E-state index contributed by atoms with van der Waals surface area (Å²) in [6.45, 7) is 1.82. The van der Waals surface area contributed by atoms with Crippen LogP contribution in [0, 0.1) is 12.7 Å². The quantitative estimate of drug-likeness (QED) is 0.150. The molecule has 3 aromatic carbocycles. The van der Waals surface area contributed by atoms with Crippen molar-refractivity contribution in [1.29, 1.82) is 0 Å². The predicted molar refractivity (Wildman–Crippen MR) is 186 cm³/mol. The van der Waals surface area contributed by atoms with E-state index in [1.54, 1.807) is 80.1 Å². The van der Waals surface area contributed by atoms with Gasteiger partial charge in [0.1, 0.15) is 40.2 Å². The van der Waals surface area contributed by atoms with E-state index in [0.717, 1.165) is 17.0 Å². The highest BCUT2D eigenvalue weighted by molar-refractivity contribution is 6.01. The number of nitrogens with zero attached hydrogens (tertiary/aromatic N) is 7. The molecule has 7 rings (SSSR count). The van der Waals surface area contributed by atoms with Crippen LogP contribution in [0.1, 0.15) is 5.56 Å². The molecule has 0 aliphatic heterocycles. The molecule has 15 heteroatoms. The van der Waals surface area contributed by atoms with Gasteiger partial charge in [-0.25, -0.2) is 9.18 Å². The van der Waals surface area contributed by atoms with E-state index in [0.29, 0.717) is 46.1 Å². The van der Waals surface area contributed by atoms with Gasteiger partial charge in [0.25, 0.3) is 11.8 Å². The number of carbonyl (C=O) groups is 1. The number of amides is 2. The monoisotopic (exact) mass is 687 g/mol. The smallest absolute Gasteiger partial charge is 0.326 e. The molecule has 14 nitrogen and oxygen atoms in total. The molecule has 0 unspecified atom stereocenters. The van der Waals surface area contributed by atoms with Crippen LogP contribution in [0.5, 0.6) is 23.0 Å². The van der Waals surface area contributed by atoms with Crippen molar-refractivity contribution < 1.29 is 27.5 Å². The number of halogens is 1. The lowest BCUT2D eigenvalue weighted by Crippen LogP contribution is -2.31. The lowest BCUT2D eigenvalue weighted by molar-refractivity contribution is 0.258. The standard InChI is InChI=1S/C22H18FN5O3.C14H12N4O2/c1-14-3-8-18(23)19(11-14)26-22(29)28(2)15-4-6-16(7-5-15)31-17-9-10-24-20(12-17)21-27-25-13-30-21;1-15-10-2-4-11(5-3-10)20-12-6-7-16-13(8-12)14-18-17-9-19-14/h3-13H,1-2H3,(H,26,29);2-9,15H,1H3.